The van der Waals surface area contributed by atoms with Gasteiger partial charge in [-0.1, -0.05) is 11.6 Å². The SMILES string of the molecule is COc1cc(/C=C/C(=O)Nc2ccc(NC(C)=O)cc2C(F)(F)F)cc(Cl)c1OC(C)C. The van der Waals surface area contributed by atoms with E-state index in [-0.39, 0.29) is 16.8 Å². The molecule has 32 heavy (non-hydrogen) atoms. The Hall–Kier alpha value is -3.20. The van der Waals surface area contributed by atoms with E-state index in [1.807, 2.05) is 13.8 Å². The first-order chi connectivity index (χ1) is 14.9. The lowest BCUT2D eigenvalue weighted by Gasteiger charge is -2.16. The maximum Gasteiger partial charge on any atom is 0.418 e. The third-order valence-corrected chi connectivity index (χ3v) is 4.22. The zero-order valence-corrected chi connectivity index (χ0v) is 18.5. The van der Waals surface area contributed by atoms with E-state index < -0.39 is 29.2 Å². The highest BCUT2D eigenvalue weighted by molar-refractivity contribution is 6.32. The van der Waals surface area contributed by atoms with Crippen molar-refractivity contribution in [1.82, 2.24) is 0 Å². The second-order valence-corrected chi connectivity index (χ2v) is 7.37. The van der Waals surface area contributed by atoms with Crippen molar-refractivity contribution < 1.29 is 32.2 Å². The fourth-order valence-electron chi connectivity index (χ4n) is 2.70. The molecule has 0 unspecified atom stereocenters. The summed E-state index contributed by atoms with van der Waals surface area (Å²) in [6.07, 6.45) is -2.44. The fraction of sp³-hybridized carbons (Fsp3) is 0.273. The fourth-order valence-corrected chi connectivity index (χ4v) is 2.96. The van der Waals surface area contributed by atoms with Crippen molar-refractivity contribution in [3.05, 3.63) is 52.6 Å². The van der Waals surface area contributed by atoms with Gasteiger partial charge < -0.3 is 20.1 Å². The number of amides is 2. The molecule has 0 heterocycles. The van der Waals surface area contributed by atoms with Crippen molar-refractivity contribution in [2.24, 2.45) is 0 Å². The van der Waals surface area contributed by atoms with Gasteiger partial charge in [0.1, 0.15) is 0 Å². The highest BCUT2D eigenvalue weighted by atomic mass is 35.5. The summed E-state index contributed by atoms with van der Waals surface area (Å²) in [6, 6.07) is 6.19. The number of benzene rings is 2. The molecule has 0 saturated heterocycles. The highest BCUT2D eigenvalue weighted by Crippen LogP contribution is 2.38. The van der Waals surface area contributed by atoms with Gasteiger partial charge in [-0.05, 0) is 55.8 Å². The molecule has 0 aromatic heterocycles. The Morgan fingerprint density at radius 3 is 2.38 bits per heavy atom. The minimum Gasteiger partial charge on any atom is -0.493 e. The smallest absolute Gasteiger partial charge is 0.418 e. The lowest BCUT2D eigenvalue weighted by molar-refractivity contribution is -0.137. The summed E-state index contributed by atoms with van der Waals surface area (Å²) in [6.45, 7) is 4.83. The summed E-state index contributed by atoms with van der Waals surface area (Å²) in [5.74, 6) is -0.615. The molecule has 0 aliphatic heterocycles. The molecule has 0 aliphatic carbocycles. The van der Waals surface area contributed by atoms with Crippen LogP contribution in [0.2, 0.25) is 5.02 Å². The minimum absolute atomic E-state index is 0.0381. The Kier molecular flexibility index (Phi) is 8.15. The summed E-state index contributed by atoms with van der Waals surface area (Å²) in [4.78, 5) is 23.4. The van der Waals surface area contributed by atoms with Crippen LogP contribution in [0.1, 0.15) is 31.9 Å². The monoisotopic (exact) mass is 470 g/mol. The lowest BCUT2D eigenvalue weighted by atomic mass is 10.1. The van der Waals surface area contributed by atoms with Gasteiger partial charge in [-0.2, -0.15) is 13.2 Å². The van der Waals surface area contributed by atoms with Crippen molar-refractivity contribution in [2.75, 3.05) is 17.7 Å². The molecule has 6 nitrogen and oxygen atoms in total. The number of nitrogens with one attached hydrogen (secondary N) is 2. The number of hydrogen-bond donors (Lipinski definition) is 2. The van der Waals surface area contributed by atoms with Gasteiger partial charge in [0.25, 0.3) is 0 Å². The van der Waals surface area contributed by atoms with Crippen molar-refractivity contribution in [3.63, 3.8) is 0 Å². The molecule has 0 atom stereocenters. The van der Waals surface area contributed by atoms with Crippen LogP contribution in [0, 0.1) is 0 Å². The summed E-state index contributed by atoms with van der Waals surface area (Å²) < 4.78 is 51.1. The van der Waals surface area contributed by atoms with Crippen LogP contribution in [0.15, 0.2) is 36.4 Å². The van der Waals surface area contributed by atoms with E-state index in [0.29, 0.717) is 17.1 Å². The molecule has 2 aromatic rings. The number of ether oxygens (including phenoxy) is 2. The number of carbonyl (C=O) groups excluding carboxylic acids is 2. The van der Waals surface area contributed by atoms with Gasteiger partial charge in [0.2, 0.25) is 11.8 Å². The first-order valence-corrected chi connectivity index (χ1v) is 9.80. The third-order valence-electron chi connectivity index (χ3n) is 3.94. The van der Waals surface area contributed by atoms with Crippen molar-refractivity contribution >= 4 is 40.9 Å². The zero-order valence-electron chi connectivity index (χ0n) is 17.8. The molecular formula is C22H22ClF3N2O4. The number of hydrogen-bond acceptors (Lipinski definition) is 4. The Morgan fingerprint density at radius 1 is 1.12 bits per heavy atom. The van der Waals surface area contributed by atoms with Gasteiger partial charge in [-0.3, -0.25) is 9.59 Å². The molecule has 2 N–H and O–H groups in total. The summed E-state index contributed by atoms with van der Waals surface area (Å²) >= 11 is 6.23. The molecule has 0 aliphatic rings. The average Bonchev–Trinajstić information content (AvgIpc) is 2.67. The first-order valence-electron chi connectivity index (χ1n) is 9.42. The minimum atomic E-state index is -4.74. The molecule has 0 spiro atoms. The second-order valence-electron chi connectivity index (χ2n) is 6.96. The molecule has 10 heteroatoms. The topological polar surface area (TPSA) is 76.7 Å². The Morgan fingerprint density at radius 2 is 1.81 bits per heavy atom. The molecule has 2 rings (SSSR count). The van der Waals surface area contributed by atoms with Crippen LogP contribution < -0.4 is 20.1 Å². The van der Waals surface area contributed by atoms with Gasteiger partial charge >= 0.3 is 6.18 Å². The molecule has 2 amide bonds. The highest BCUT2D eigenvalue weighted by Gasteiger charge is 2.34. The Bertz CT molecular complexity index is 1040. The average molecular weight is 471 g/mol. The predicted octanol–water partition coefficient (Wildman–Crippen LogP) is 5.76. The Balaban J connectivity index is 2.25. The zero-order chi connectivity index (χ0) is 24.1. The standard InChI is InChI=1S/C22H22ClF3N2O4/c1-12(2)32-21-17(23)9-14(10-19(21)31-4)5-8-20(30)28-18-7-6-15(27-13(3)29)11-16(18)22(24,25)26/h5-12H,1-4H3,(H,27,29)(H,28,30)/b8-5+. The molecule has 0 bridgehead atoms. The number of halogens is 4. The maximum atomic E-state index is 13.4. The number of rotatable bonds is 7. The molecule has 0 saturated carbocycles. The van der Waals surface area contributed by atoms with Crippen molar-refractivity contribution in [2.45, 2.75) is 33.1 Å². The van der Waals surface area contributed by atoms with Crippen LogP contribution in [-0.4, -0.2) is 25.0 Å². The van der Waals surface area contributed by atoms with E-state index in [2.05, 4.69) is 10.6 Å². The molecule has 0 fully saturated rings. The van der Waals surface area contributed by atoms with Crippen LogP contribution in [0.25, 0.3) is 6.08 Å². The van der Waals surface area contributed by atoms with Crippen molar-refractivity contribution in [3.8, 4) is 11.5 Å². The summed E-state index contributed by atoms with van der Waals surface area (Å²) in [5.41, 5.74) is -1.10. The van der Waals surface area contributed by atoms with Gasteiger partial charge in [0.15, 0.2) is 11.5 Å². The van der Waals surface area contributed by atoms with Gasteiger partial charge in [-0.25, -0.2) is 0 Å². The van der Waals surface area contributed by atoms with E-state index in [1.165, 1.54) is 32.2 Å². The Labute approximate surface area is 188 Å². The van der Waals surface area contributed by atoms with Gasteiger partial charge in [-0.15, -0.1) is 0 Å². The first kappa shape index (κ1) is 25.1. The van der Waals surface area contributed by atoms with Gasteiger partial charge in [0, 0.05) is 18.7 Å². The largest absolute Gasteiger partial charge is 0.493 e. The molecule has 0 radical (unpaired) electrons. The van der Waals surface area contributed by atoms with E-state index >= 15 is 0 Å². The third kappa shape index (κ3) is 6.91. The molecule has 2 aromatic carbocycles. The normalized spacial score (nSPS) is 11.5. The van der Waals surface area contributed by atoms with Crippen LogP contribution >= 0.6 is 11.6 Å². The van der Waals surface area contributed by atoms with E-state index in [9.17, 15) is 22.8 Å². The number of carbonyl (C=O) groups is 2. The van der Waals surface area contributed by atoms with E-state index in [4.69, 9.17) is 21.1 Å². The van der Waals surface area contributed by atoms with Crippen LogP contribution in [0.4, 0.5) is 24.5 Å². The number of alkyl halides is 3. The maximum absolute atomic E-state index is 13.4. The van der Waals surface area contributed by atoms with Crippen LogP contribution in [-0.2, 0) is 15.8 Å². The summed E-state index contributed by atoms with van der Waals surface area (Å²) in [7, 11) is 1.43. The van der Waals surface area contributed by atoms with Crippen LogP contribution in [0.3, 0.4) is 0 Å². The van der Waals surface area contributed by atoms with Crippen molar-refractivity contribution in [1.29, 1.82) is 0 Å². The predicted molar refractivity (Wildman–Crippen MR) is 117 cm³/mol. The lowest BCUT2D eigenvalue weighted by Crippen LogP contribution is -2.16. The molecule has 172 valence electrons. The number of methoxy groups -OCH3 is 1. The number of anilines is 2. The van der Waals surface area contributed by atoms with E-state index in [0.717, 1.165) is 18.2 Å². The second kappa shape index (κ2) is 10.4. The summed E-state index contributed by atoms with van der Waals surface area (Å²) in [5, 5.41) is 4.73. The quantitative estimate of drug-likeness (QED) is 0.504. The van der Waals surface area contributed by atoms with E-state index in [1.54, 1.807) is 6.07 Å². The van der Waals surface area contributed by atoms with Crippen LogP contribution in [0.5, 0.6) is 11.5 Å². The molecular weight excluding hydrogens is 449 g/mol. The van der Waals surface area contributed by atoms with Gasteiger partial charge in [0.05, 0.1) is 29.5 Å².